The molecular formula is C20H29N3O3. The molecule has 0 atom stereocenters. The van der Waals surface area contributed by atoms with E-state index in [1.807, 2.05) is 51.8 Å². The Balaban J connectivity index is 1.91. The number of urea groups is 1. The molecule has 1 N–H and O–H groups in total. The molecule has 0 radical (unpaired) electrons. The molecule has 0 bridgehead atoms. The molecule has 2 heterocycles. The summed E-state index contributed by atoms with van der Waals surface area (Å²) in [6.45, 7) is 13.4. The molecule has 0 saturated carbocycles. The van der Waals surface area contributed by atoms with Gasteiger partial charge in [0.25, 0.3) is 5.91 Å². The fourth-order valence-electron chi connectivity index (χ4n) is 3.86. The van der Waals surface area contributed by atoms with E-state index < -0.39 is 5.54 Å². The Morgan fingerprint density at radius 2 is 1.58 bits per heavy atom. The third kappa shape index (κ3) is 3.23. The zero-order valence-electron chi connectivity index (χ0n) is 16.6. The lowest BCUT2D eigenvalue weighted by atomic mass is 9.86. The van der Waals surface area contributed by atoms with Crippen molar-refractivity contribution < 1.29 is 14.4 Å². The number of imide groups is 1. The molecule has 2 aliphatic heterocycles. The highest BCUT2D eigenvalue weighted by Crippen LogP contribution is 2.38. The quantitative estimate of drug-likeness (QED) is 0.824. The van der Waals surface area contributed by atoms with Crippen LogP contribution >= 0.6 is 0 Å². The number of nitrogens with one attached hydrogen (secondary N) is 1. The molecule has 6 heteroatoms. The minimum Gasteiger partial charge on any atom is -0.293 e. The fraction of sp³-hybridized carbons (Fsp3) is 0.600. The van der Waals surface area contributed by atoms with Crippen LogP contribution in [0.4, 0.5) is 10.5 Å². The first kappa shape index (κ1) is 18.9. The normalized spacial score (nSPS) is 20.8. The molecule has 2 aliphatic rings. The van der Waals surface area contributed by atoms with Gasteiger partial charge in [-0.25, -0.2) is 4.79 Å². The summed E-state index contributed by atoms with van der Waals surface area (Å²) in [6.07, 6.45) is 1.10. The van der Waals surface area contributed by atoms with E-state index in [0.29, 0.717) is 25.9 Å². The van der Waals surface area contributed by atoms with E-state index >= 15 is 0 Å². The zero-order chi connectivity index (χ0) is 19.3. The summed E-state index contributed by atoms with van der Waals surface area (Å²) in [5.41, 5.74) is 3.14. The molecule has 2 fully saturated rings. The predicted molar refractivity (Wildman–Crippen MR) is 101 cm³/mol. The average Bonchev–Trinajstić information content (AvgIpc) is 2.76. The molecular weight excluding hydrogens is 330 g/mol. The number of amides is 3. The number of carbonyl (C=O) groups excluding carboxylic acids is 2. The van der Waals surface area contributed by atoms with Gasteiger partial charge in [0.2, 0.25) is 0 Å². The van der Waals surface area contributed by atoms with Crippen molar-refractivity contribution >= 4 is 17.6 Å². The first-order chi connectivity index (χ1) is 12.0. The minimum atomic E-state index is -0.830. The summed E-state index contributed by atoms with van der Waals surface area (Å²) in [5, 5.41) is 4.44. The number of benzene rings is 1. The van der Waals surface area contributed by atoms with Crippen LogP contribution in [-0.4, -0.2) is 41.2 Å². The van der Waals surface area contributed by atoms with E-state index in [1.54, 1.807) is 4.90 Å². The van der Waals surface area contributed by atoms with Gasteiger partial charge >= 0.3 is 6.03 Å². The van der Waals surface area contributed by atoms with Gasteiger partial charge in [0, 0.05) is 18.8 Å². The summed E-state index contributed by atoms with van der Waals surface area (Å²) in [7, 11) is 0. The average molecular weight is 359 g/mol. The maximum atomic E-state index is 12.7. The van der Waals surface area contributed by atoms with Crippen molar-refractivity contribution in [2.24, 2.45) is 0 Å². The van der Waals surface area contributed by atoms with Gasteiger partial charge in [-0.05, 0) is 83.2 Å². The van der Waals surface area contributed by atoms with Crippen molar-refractivity contribution in [2.75, 3.05) is 18.0 Å². The predicted octanol–water partition coefficient (Wildman–Crippen LogP) is 3.23. The summed E-state index contributed by atoms with van der Waals surface area (Å²) < 4.78 is 0. The van der Waals surface area contributed by atoms with Crippen LogP contribution in [0.5, 0.6) is 0 Å². The molecule has 26 heavy (non-hydrogen) atoms. The van der Waals surface area contributed by atoms with Crippen LogP contribution in [0.1, 0.15) is 50.3 Å². The fourth-order valence-corrected chi connectivity index (χ4v) is 3.86. The van der Waals surface area contributed by atoms with Crippen LogP contribution in [0.15, 0.2) is 12.1 Å². The first-order valence-electron chi connectivity index (χ1n) is 9.21. The molecule has 0 unspecified atom stereocenters. The zero-order valence-corrected chi connectivity index (χ0v) is 16.6. The third-order valence-corrected chi connectivity index (χ3v) is 5.40. The Bertz CT molecular complexity index is 720. The molecule has 6 nitrogen and oxygen atoms in total. The van der Waals surface area contributed by atoms with Crippen LogP contribution in [-0.2, 0) is 9.63 Å². The van der Waals surface area contributed by atoms with Crippen molar-refractivity contribution in [3.63, 3.8) is 0 Å². The molecule has 3 amide bonds. The van der Waals surface area contributed by atoms with E-state index in [2.05, 4.69) is 12.2 Å². The topological polar surface area (TPSA) is 61.9 Å². The Labute approximate surface area is 155 Å². The largest absolute Gasteiger partial charge is 0.329 e. The monoisotopic (exact) mass is 359 g/mol. The van der Waals surface area contributed by atoms with Crippen molar-refractivity contribution in [1.82, 2.24) is 10.4 Å². The van der Waals surface area contributed by atoms with Gasteiger partial charge < -0.3 is 0 Å². The first-order valence-corrected chi connectivity index (χ1v) is 9.21. The maximum Gasteiger partial charge on any atom is 0.329 e. The number of hydrogen-bond acceptors (Lipinski definition) is 4. The van der Waals surface area contributed by atoms with Crippen LogP contribution < -0.4 is 10.2 Å². The standard InChI is InChI=1S/C20H29N3O3/c1-13-11-16(12-14(2)15(13)3)23-18(25)21-17(24)20(23)7-9-22(10-8-20)26-19(4,5)6/h11-12H,7-10H2,1-6H3,(H,21,24,25). The number of aryl methyl sites for hydroxylation is 2. The highest BCUT2D eigenvalue weighted by atomic mass is 16.7. The second kappa shape index (κ2) is 6.35. The molecule has 1 aromatic rings. The minimum absolute atomic E-state index is 0.200. The van der Waals surface area contributed by atoms with Crippen molar-refractivity contribution in [3.8, 4) is 0 Å². The van der Waals surface area contributed by atoms with E-state index in [-0.39, 0.29) is 17.5 Å². The molecule has 0 aliphatic carbocycles. The van der Waals surface area contributed by atoms with E-state index in [0.717, 1.165) is 16.8 Å². The number of piperidine rings is 1. The maximum absolute atomic E-state index is 12.7. The van der Waals surface area contributed by atoms with Gasteiger partial charge in [-0.1, -0.05) is 0 Å². The molecule has 0 aromatic heterocycles. The highest BCUT2D eigenvalue weighted by molar-refractivity contribution is 6.17. The van der Waals surface area contributed by atoms with Crippen LogP contribution in [0, 0.1) is 20.8 Å². The lowest BCUT2D eigenvalue weighted by molar-refractivity contribution is -0.238. The van der Waals surface area contributed by atoms with Gasteiger partial charge in [-0.3, -0.25) is 19.8 Å². The van der Waals surface area contributed by atoms with Crippen LogP contribution in [0.2, 0.25) is 0 Å². The second-order valence-electron chi connectivity index (χ2n) is 8.46. The number of anilines is 1. The summed E-state index contributed by atoms with van der Waals surface area (Å²) in [6, 6.07) is 3.67. The molecule has 1 spiro atoms. The van der Waals surface area contributed by atoms with E-state index in [9.17, 15) is 9.59 Å². The Morgan fingerprint density at radius 1 is 1.04 bits per heavy atom. The molecule has 2 saturated heterocycles. The van der Waals surface area contributed by atoms with Gasteiger partial charge in [0.1, 0.15) is 5.54 Å². The van der Waals surface area contributed by atoms with E-state index in [4.69, 9.17) is 4.84 Å². The molecule has 3 rings (SSSR count). The van der Waals surface area contributed by atoms with E-state index in [1.165, 1.54) is 5.56 Å². The van der Waals surface area contributed by atoms with Gasteiger partial charge in [0.05, 0.1) is 5.60 Å². The van der Waals surface area contributed by atoms with Gasteiger partial charge in [-0.2, -0.15) is 5.06 Å². The lowest BCUT2D eigenvalue weighted by Crippen LogP contribution is -2.57. The van der Waals surface area contributed by atoms with Crippen molar-refractivity contribution in [3.05, 3.63) is 28.8 Å². The summed E-state index contributed by atoms with van der Waals surface area (Å²) in [4.78, 5) is 33.0. The number of hydroxylamine groups is 2. The van der Waals surface area contributed by atoms with Gasteiger partial charge in [0.15, 0.2) is 0 Å². The Hall–Kier alpha value is -1.92. The number of hydrogen-bond donors (Lipinski definition) is 1. The Kier molecular flexibility index (Phi) is 4.61. The summed E-state index contributed by atoms with van der Waals surface area (Å²) in [5.74, 6) is -0.200. The molecule has 1 aromatic carbocycles. The summed E-state index contributed by atoms with van der Waals surface area (Å²) >= 11 is 0. The molecule has 142 valence electrons. The SMILES string of the molecule is Cc1cc(N2C(=O)NC(=O)C23CCN(OC(C)(C)C)CC3)cc(C)c1C. The number of rotatable bonds is 2. The lowest BCUT2D eigenvalue weighted by Gasteiger charge is -2.43. The van der Waals surface area contributed by atoms with Crippen LogP contribution in [0.25, 0.3) is 0 Å². The smallest absolute Gasteiger partial charge is 0.293 e. The third-order valence-electron chi connectivity index (χ3n) is 5.40. The number of carbonyl (C=O) groups is 2. The second-order valence-corrected chi connectivity index (χ2v) is 8.46. The van der Waals surface area contributed by atoms with Crippen molar-refractivity contribution in [1.29, 1.82) is 0 Å². The van der Waals surface area contributed by atoms with Crippen molar-refractivity contribution in [2.45, 2.75) is 65.5 Å². The Morgan fingerprint density at radius 3 is 2.08 bits per heavy atom. The highest BCUT2D eigenvalue weighted by Gasteiger charge is 2.55. The number of nitrogens with zero attached hydrogens (tertiary/aromatic N) is 2. The van der Waals surface area contributed by atoms with Crippen LogP contribution in [0.3, 0.4) is 0 Å². The van der Waals surface area contributed by atoms with Gasteiger partial charge in [-0.15, -0.1) is 0 Å².